The number of methoxy groups -OCH3 is 1. The highest BCUT2D eigenvalue weighted by molar-refractivity contribution is 6.11. The van der Waals surface area contributed by atoms with Gasteiger partial charge in [0.05, 0.1) is 30.2 Å². The summed E-state index contributed by atoms with van der Waals surface area (Å²) >= 11 is 0. The van der Waals surface area contributed by atoms with Crippen LogP contribution in [0.3, 0.4) is 0 Å². The molecule has 4 heteroatoms. The Kier molecular flexibility index (Phi) is 5.26. The van der Waals surface area contributed by atoms with Gasteiger partial charge in [0.15, 0.2) is 0 Å². The summed E-state index contributed by atoms with van der Waals surface area (Å²) in [5, 5.41) is 7.87. The normalized spacial score (nSPS) is 11.3. The molecular formula is C28H23N3O. The first-order valence-electron chi connectivity index (χ1n) is 10.5. The SMILES string of the molecule is COc1ccc(-c2cc(/C=N/Nc3ccc(C)cc3)c3ccc4ccccc4c3n2)cc1. The average Bonchev–Trinajstić information content (AvgIpc) is 2.85. The van der Waals surface area contributed by atoms with Crippen molar-refractivity contribution in [2.24, 2.45) is 5.10 Å². The van der Waals surface area contributed by atoms with E-state index in [1.165, 1.54) is 10.9 Å². The van der Waals surface area contributed by atoms with Gasteiger partial charge in [0.2, 0.25) is 0 Å². The topological polar surface area (TPSA) is 46.5 Å². The van der Waals surface area contributed by atoms with Crippen LogP contribution in [0.2, 0.25) is 0 Å². The van der Waals surface area contributed by atoms with Gasteiger partial charge in [0, 0.05) is 21.9 Å². The van der Waals surface area contributed by atoms with Gasteiger partial charge in [-0.25, -0.2) is 4.98 Å². The molecule has 1 heterocycles. The fourth-order valence-corrected chi connectivity index (χ4v) is 3.81. The van der Waals surface area contributed by atoms with Gasteiger partial charge in [0.1, 0.15) is 5.75 Å². The number of hydrogen-bond donors (Lipinski definition) is 1. The molecular weight excluding hydrogens is 394 g/mol. The lowest BCUT2D eigenvalue weighted by atomic mass is 10.0. The molecule has 4 nitrogen and oxygen atoms in total. The number of nitrogens with zero attached hydrogens (tertiary/aromatic N) is 2. The summed E-state index contributed by atoms with van der Waals surface area (Å²) < 4.78 is 5.31. The van der Waals surface area contributed by atoms with E-state index in [2.05, 4.69) is 72.0 Å². The molecule has 0 aliphatic rings. The number of ether oxygens (including phenoxy) is 1. The fraction of sp³-hybridized carbons (Fsp3) is 0.0714. The summed E-state index contributed by atoms with van der Waals surface area (Å²) in [6.07, 6.45) is 1.87. The van der Waals surface area contributed by atoms with Crippen molar-refractivity contribution in [1.29, 1.82) is 0 Å². The lowest BCUT2D eigenvalue weighted by molar-refractivity contribution is 0.415. The Hall–Kier alpha value is -4.18. The maximum absolute atomic E-state index is 5.31. The highest BCUT2D eigenvalue weighted by Gasteiger charge is 2.10. The van der Waals surface area contributed by atoms with E-state index in [1.807, 2.05) is 42.6 Å². The van der Waals surface area contributed by atoms with Gasteiger partial charge in [-0.2, -0.15) is 5.10 Å². The molecule has 0 saturated carbocycles. The van der Waals surface area contributed by atoms with Crippen LogP contribution < -0.4 is 10.2 Å². The second kappa shape index (κ2) is 8.52. The third kappa shape index (κ3) is 3.91. The minimum Gasteiger partial charge on any atom is -0.497 e. The van der Waals surface area contributed by atoms with Gasteiger partial charge in [-0.15, -0.1) is 0 Å². The summed E-state index contributed by atoms with van der Waals surface area (Å²) in [5.41, 5.74) is 9.19. The number of nitrogens with one attached hydrogen (secondary N) is 1. The van der Waals surface area contributed by atoms with Crippen LogP contribution in [0.15, 0.2) is 96.1 Å². The predicted octanol–water partition coefficient (Wildman–Crippen LogP) is 6.82. The molecule has 0 amide bonds. The summed E-state index contributed by atoms with van der Waals surface area (Å²) in [5.74, 6) is 0.823. The Morgan fingerprint density at radius 2 is 1.62 bits per heavy atom. The number of pyridine rings is 1. The quantitative estimate of drug-likeness (QED) is 0.194. The maximum atomic E-state index is 5.31. The molecule has 5 rings (SSSR count). The molecule has 0 aliphatic carbocycles. The van der Waals surface area contributed by atoms with Crippen molar-refractivity contribution in [3.05, 3.63) is 102 Å². The molecule has 0 aliphatic heterocycles. The van der Waals surface area contributed by atoms with Crippen LogP contribution in [0.25, 0.3) is 32.9 Å². The Morgan fingerprint density at radius 1 is 0.844 bits per heavy atom. The standard InChI is InChI=1S/C28H23N3O/c1-19-7-12-23(13-8-19)31-29-18-22-17-27(21-9-14-24(32-2)15-10-21)30-28-25-6-4-3-5-20(25)11-16-26(22)28/h3-18,31H,1-2H3/b29-18+. The van der Waals surface area contributed by atoms with E-state index in [1.54, 1.807) is 7.11 Å². The molecule has 1 N–H and O–H groups in total. The Bertz CT molecular complexity index is 1420. The van der Waals surface area contributed by atoms with Crippen LogP contribution in [0.1, 0.15) is 11.1 Å². The summed E-state index contributed by atoms with van der Waals surface area (Å²) in [6, 6.07) is 30.8. The second-order valence-electron chi connectivity index (χ2n) is 7.74. The predicted molar refractivity (Wildman–Crippen MR) is 134 cm³/mol. The molecule has 0 fully saturated rings. The van der Waals surface area contributed by atoms with Gasteiger partial charge in [-0.1, -0.05) is 54.1 Å². The second-order valence-corrected chi connectivity index (χ2v) is 7.74. The number of rotatable bonds is 5. The van der Waals surface area contributed by atoms with Crippen molar-refractivity contribution in [3.8, 4) is 17.0 Å². The molecule has 156 valence electrons. The number of aryl methyl sites for hydroxylation is 1. The molecule has 0 saturated heterocycles. The molecule has 0 unspecified atom stereocenters. The van der Waals surface area contributed by atoms with E-state index in [0.29, 0.717) is 0 Å². The molecule has 0 bridgehead atoms. The largest absolute Gasteiger partial charge is 0.497 e. The van der Waals surface area contributed by atoms with Crippen molar-refractivity contribution in [1.82, 2.24) is 4.98 Å². The highest BCUT2D eigenvalue weighted by atomic mass is 16.5. The zero-order valence-electron chi connectivity index (χ0n) is 18.0. The molecule has 4 aromatic carbocycles. The number of hydrazone groups is 1. The van der Waals surface area contributed by atoms with Gasteiger partial charge >= 0.3 is 0 Å². The highest BCUT2D eigenvalue weighted by Crippen LogP contribution is 2.30. The summed E-state index contributed by atoms with van der Waals surface area (Å²) in [6.45, 7) is 2.07. The zero-order valence-corrected chi connectivity index (χ0v) is 18.0. The lowest BCUT2D eigenvalue weighted by Crippen LogP contribution is -1.95. The minimum absolute atomic E-state index is 0.823. The van der Waals surface area contributed by atoms with Crippen LogP contribution in [0, 0.1) is 6.92 Å². The van der Waals surface area contributed by atoms with E-state index >= 15 is 0 Å². The van der Waals surface area contributed by atoms with Gasteiger partial charge in [-0.3, -0.25) is 5.43 Å². The summed E-state index contributed by atoms with van der Waals surface area (Å²) in [7, 11) is 1.67. The van der Waals surface area contributed by atoms with E-state index in [4.69, 9.17) is 9.72 Å². The Labute approximate surface area is 187 Å². The monoisotopic (exact) mass is 417 g/mol. The van der Waals surface area contributed by atoms with Crippen LogP contribution in [0.4, 0.5) is 5.69 Å². The van der Waals surface area contributed by atoms with Crippen molar-refractivity contribution in [2.75, 3.05) is 12.5 Å². The average molecular weight is 418 g/mol. The third-order valence-corrected chi connectivity index (χ3v) is 5.57. The van der Waals surface area contributed by atoms with Gasteiger partial charge < -0.3 is 4.74 Å². The van der Waals surface area contributed by atoms with Crippen LogP contribution in [0.5, 0.6) is 5.75 Å². The van der Waals surface area contributed by atoms with Crippen molar-refractivity contribution >= 4 is 33.6 Å². The summed E-state index contributed by atoms with van der Waals surface area (Å²) in [4.78, 5) is 5.04. The molecule has 0 radical (unpaired) electrons. The van der Waals surface area contributed by atoms with Crippen LogP contribution in [-0.4, -0.2) is 18.3 Å². The number of aromatic nitrogens is 1. The third-order valence-electron chi connectivity index (χ3n) is 5.57. The number of fused-ring (bicyclic) bond motifs is 3. The van der Waals surface area contributed by atoms with Crippen molar-refractivity contribution < 1.29 is 4.74 Å². The number of anilines is 1. The number of hydrogen-bond acceptors (Lipinski definition) is 4. The molecule has 0 atom stereocenters. The molecule has 1 aromatic heterocycles. The first-order valence-corrected chi connectivity index (χ1v) is 10.5. The minimum atomic E-state index is 0.823. The molecule has 0 spiro atoms. The zero-order chi connectivity index (χ0) is 21.9. The van der Waals surface area contributed by atoms with Crippen LogP contribution in [-0.2, 0) is 0 Å². The maximum Gasteiger partial charge on any atom is 0.118 e. The first kappa shape index (κ1) is 19.8. The smallest absolute Gasteiger partial charge is 0.118 e. The van der Waals surface area contributed by atoms with Crippen molar-refractivity contribution in [2.45, 2.75) is 6.92 Å². The fourth-order valence-electron chi connectivity index (χ4n) is 3.81. The first-order chi connectivity index (χ1) is 15.7. The van der Waals surface area contributed by atoms with Crippen molar-refractivity contribution in [3.63, 3.8) is 0 Å². The Morgan fingerprint density at radius 3 is 2.41 bits per heavy atom. The molecule has 32 heavy (non-hydrogen) atoms. The van der Waals surface area contributed by atoms with Crippen LogP contribution >= 0.6 is 0 Å². The van der Waals surface area contributed by atoms with E-state index in [0.717, 1.165) is 44.5 Å². The van der Waals surface area contributed by atoms with Gasteiger partial charge in [0.25, 0.3) is 0 Å². The van der Waals surface area contributed by atoms with E-state index in [-0.39, 0.29) is 0 Å². The lowest BCUT2D eigenvalue weighted by Gasteiger charge is -2.10. The van der Waals surface area contributed by atoms with E-state index < -0.39 is 0 Å². The van der Waals surface area contributed by atoms with Gasteiger partial charge in [-0.05, 0) is 54.8 Å². The number of benzene rings is 4. The Balaban J connectivity index is 1.63. The molecule has 5 aromatic rings. The van der Waals surface area contributed by atoms with E-state index in [9.17, 15) is 0 Å².